The van der Waals surface area contributed by atoms with E-state index in [9.17, 15) is 4.79 Å². The summed E-state index contributed by atoms with van der Waals surface area (Å²) in [5, 5.41) is 0. The lowest BCUT2D eigenvalue weighted by molar-refractivity contribution is 0.353. The highest BCUT2D eigenvalue weighted by molar-refractivity contribution is 9.10. The van der Waals surface area contributed by atoms with E-state index < -0.39 is 0 Å². The van der Waals surface area contributed by atoms with Crippen LogP contribution < -0.4 is 16.2 Å². The van der Waals surface area contributed by atoms with Crippen LogP contribution in [0.2, 0.25) is 0 Å². The van der Waals surface area contributed by atoms with Crippen molar-refractivity contribution in [2.24, 2.45) is 11.7 Å². The number of piperidine rings is 1. The minimum Gasteiger partial charge on any atom is -0.355 e. The molecule has 0 amide bonds. The van der Waals surface area contributed by atoms with Gasteiger partial charge in [-0.1, -0.05) is 0 Å². The second-order valence-corrected chi connectivity index (χ2v) is 5.35. The van der Waals surface area contributed by atoms with Crippen molar-refractivity contribution in [2.75, 3.05) is 18.0 Å². The lowest BCUT2D eigenvalue weighted by Gasteiger charge is -2.34. The number of rotatable bonds is 2. The summed E-state index contributed by atoms with van der Waals surface area (Å²) in [7, 11) is 0. The normalized spacial score (nSPS) is 19.4. The highest BCUT2D eigenvalue weighted by Crippen LogP contribution is 2.26. The summed E-state index contributed by atoms with van der Waals surface area (Å²) >= 11 is 3.29. The van der Waals surface area contributed by atoms with Crippen LogP contribution in [0.25, 0.3) is 0 Å². The molecular formula is C11H17BrN4O. The topological polar surface area (TPSA) is 75.0 Å². The molecule has 94 valence electrons. The van der Waals surface area contributed by atoms with Gasteiger partial charge in [0.25, 0.3) is 5.56 Å². The molecule has 1 aromatic rings. The van der Waals surface area contributed by atoms with Crippen LogP contribution in [0.3, 0.4) is 0 Å². The first-order valence-electron chi connectivity index (χ1n) is 5.83. The molecule has 1 unspecified atom stereocenters. The Hall–Kier alpha value is -0.880. The van der Waals surface area contributed by atoms with E-state index in [2.05, 4.69) is 37.7 Å². The largest absolute Gasteiger partial charge is 0.355 e. The molecule has 17 heavy (non-hydrogen) atoms. The van der Waals surface area contributed by atoms with Crippen molar-refractivity contribution in [1.29, 1.82) is 0 Å². The quantitative estimate of drug-likeness (QED) is 0.857. The van der Waals surface area contributed by atoms with Gasteiger partial charge >= 0.3 is 0 Å². The molecule has 0 bridgehead atoms. The summed E-state index contributed by atoms with van der Waals surface area (Å²) in [6.07, 6.45) is 3.55. The van der Waals surface area contributed by atoms with Gasteiger partial charge in [0.2, 0.25) is 0 Å². The zero-order valence-electron chi connectivity index (χ0n) is 9.82. The molecule has 2 heterocycles. The molecule has 1 saturated heterocycles. The van der Waals surface area contributed by atoms with Crippen molar-refractivity contribution in [3.8, 4) is 0 Å². The maximum Gasteiger partial charge on any atom is 0.267 e. The Morgan fingerprint density at radius 1 is 1.59 bits per heavy atom. The second-order valence-electron chi connectivity index (χ2n) is 4.55. The van der Waals surface area contributed by atoms with Crippen LogP contribution in [-0.4, -0.2) is 29.1 Å². The van der Waals surface area contributed by atoms with Crippen molar-refractivity contribution in [2.45, 2.75) is 25.8 Å². The molecule has 5 nitrogen and oxygen atoms in total. The van der Waals surface area contributed by atoms with Gasteiger partial charge in [-0.15, -0.1) is 0 Å². The number of halogens is 1. The van der Waals surface area contributed by atoms with Gasteiger partial charge in [-0.2, -0.15) is 0 Å². The van der Waals surface area contributed by atoms with Crippen LogP contribution in [0.4, 0.5) is 5.82 Å². The first kappa shape index (κ1) is 12.6. The first-order valence-corrected chi connectivity index (χ1v) is 6.62. The Kier molecular flexibility index (Phi) is 3.83. The zero-order valence-corrected chi connectivity index (χ0v) is 11.4. The Bertz CT molecular complexity index is 437. The van der Waals surface area contributed by atoms with Gasteiger partial charge in [0, 0.05) is 19.1 Å². The number of hydrogen-bond donors (Lipinski definition) is 2. The lowest BCUT2D eigenvalue weighted by Crippen LogP contribution is -2.40. The van der Waals surface area contributed by atoms with Crippen LogP contribution in [0.5, 0.6) is 0 Å². The number of aromatic nitrogens is 2. The van der Waals surface area contributed by atoms with E-state index >= 15 is 0 Å². The number of anilines is 1. The molecule has 6 heteroatoms. The maximum absolute atomic E-state index is 11.5. The van der Waals surface area contributed by atoms with Gasteiger partial charge in [0.05, 0.1) is 6.33 Å². The molecule has 1 aliphatic rings. The number of aromatic amines is 1. The molecule has 0 aliphatic carbocycles. The monoisotopic (exact) mass is 300 g/mol. The van der Waals surface area contributed by atoms with Crippen LogP contribution in [-0.2, 0) is 0 Å². The third-order valence-corrected chi connectivity index (χ3v) is 4.08. The molecule has 3 N–H and O–H groups in total. The number of nitrogens with two attached hydrogens (primary N) is 1. The first-order chi connectivity index (χ1) is 8.09. The SMILES string of the molecule is CC(N)C1CCN(c2nc[nH]c(=O)c2Br)CC1. The Balaban J connectivity index is 2.11. The maximum atomic E-state index is 11.5. The number of nitrogens with zero attached hydrogens (tertiary/aromatic N) is 2. The average molecular weight is 301 g/mol. The highest BCUT2D eigenvalue weighted by atomic mass is 79.9. The van der Waals surface area contributed by atoms with Gasteiger partial charge in [-0.3, -0.25) is 4.79 Å². The molecule has 1 atom stereocenters. The Morgan fingerprint density at radius 2 is 2.24 bits per heavy atom. The minimum atomic E-state index is -0.135. The molecule has 1 fully saturated rings. The summed E-state index contributed by atoms with van der Waals surface area (Å²) < 4.78 is 0.513. The van der Waals surface area contributed by atoms with Gasteiger partial charge in [-0.25, -0.2) is 4.98 Å². The third kappa shape index (κ3) is 2.69. The summed E-state index contributed by atoms with van der Waals surface area (Å²) in [5.74, 6) is 1.31. The van der Waals surface area contributed by atoms with Crippen molar-refractivity contribution >= 4 is 21.7 Å². The van der Waals surface area contributed by atoms with E-state index in [1.807, 2.05) is 0 Å². The van der Waals surface area contributed by atoms with E-state index in [4.69, 9.17) is 5.73 Å². The van der Waals surface area contributed by atoms with E-state index in [0.717, 1.165) is 31.7 Å². The fourth-order valence-electron chi connectivity index (χ4n) is 2.23. The van der Waals surface area contributed by atoms with E-state index in [0.29, 0.717) is 10.4 Å². The molecule has 1 aliphatic heterocycles. The summed E-state index contributed by atoms with van der Waals surface area (Å²) in [4.78, 5) is 20.4. The Morgan fingerprint density at radius 3 is 2.82 bits per heavy atom. The van der Waals surface area contributed by atoms with Crippen LogP contribution in [0.15, 0.2) is 15.6 Å². The van der Waals surface area contributed by atoms with E-state index in [1.54, 1.807) is 0 Å². The fourth-order valence-corrected chi connectivity index (χ4v) is 2.70. The predicted molar refractivity (Wildman–Crippen MR) is 71.1 cm³/mol. The number of H-pyrrole nitrogens is 1. The smallest absolute Gasteiger partial charge is 0.267 e. The van der Waals surface area contributed by atoms with Crippen molar-refractivity contribution in [1.82, 2.24) is 9.97 Å². The molecule has 1 aromatic heterocycles. The molecular weight excluding hydrogens is 284 g/mol. The summed E-state index contributed by atoms with van der Waals surface area (Å²) in [5.41, 5.74) is 5.77. The fraction of sp³-hybridized carbons (Fsp3) is 0.636. The molecule has 0 radical (unpaired) electrons. The van der Waals surface area contributed by atoms with Crippen LogP contribution in [0, 0.1) is 5.92 Å². The standard InChI is InChI=1S/C11H17BrN4O/c1-7(13)8-2-4-16(5-3-8)10-9(12)11(17)15-6-14-10/h6-8H,2-5,13H2,1H3,(H,14,15,17). The number of nitrogens with one attached hydrogen (secondary N) is 1. The molecule has 0 spiro atoms. The van der Waals surface area contributed by atoms with Gasteiger partial charge in [0.15, 0.2) is 0 Å². The second kappa shape index (κ2) is 5.18. The van der Waals surface area contributed by atoms with Gasteiger partial charge in [0.1, 0.15) is 10.3 Å². The number of hydrogen-bond acceptors (Lipinski definition) is 4. The van der Waals surface area contributed by atoms with Gasteiger partial charge < -0.3 is 15.6 Å². The Labute approximate surface area is 109 Å². The lowest BCUT2D eigenvalue weighted by atomic mass is 9.91. The van der Waals surface area contributed by atoms with Gasteiger partial charge in [-0.05, 0) is 41.6 Å². The van der Waals surface area contributed by atoms with E-state index in [1.165, 1.54) is 6.33 Å². The van der Waals surface area contributed by atoms with Crippen LogP contribution >= 0.6 is 15.9 Å². The predicted octanol–water partition coefficient (Wildman–Crippen LogP) is 1.10. The zero-order chi connectivity index (χ0) is 12.4. The van der Waals surface area contributed by atoms with Crippen molar-refractivity contribution < 1.29 is 0 Å². The third-order valence-electron chi connectivity index (χ3n) is 3.36. The van der Waals surface area contributed by atoms with E-state index in [-0.39, 0.29) is 11.6 Å². The minimum absolute atomic E-state index is 0.135. The molecule has 2 rings (SSSR count). The average Bonchev–Trinajstić information content (AvgIpc) is 2.33. The molecule has 0 aromatic carbocycles. The van der Waals surface area contributed by atoms with Crippen molar-refractivity contribution in [3.05, 3.63) is 21.2 Å². The van der Waals surface area contributed by atoms with Crippen LogP contribution in [0.1, 0.15) is 19.8 Å². The summed E-state index contributed by atoms with van der Waals surface area (Å²) in [6.45, 7) is 3.87. The summed E-state index contributed by atoms with van der Waals surface area (Å²) in [6, 6.07) is 0.243. The molecule has 0 saturated carbocycles. The highest BCUT2D eigenvalue weighted by Gasteiger charge is 2.24. The van der Waals surface area contributed by atoms with Crippen molar-refractivity contribution in [3.63, 3.8) is 0 Å².